The molecule has 2 rings (SSSR count). The number of nitrogens with two attached hydrogens (primary N) is 1. The molecule has 0 saturated carbocycles. The monoisotopic (exact) mass is 408 g/mol. The zero-order valence-electron chi connectivity index (χ0n) is 14.9. The van der Waals surface area contributed by atoms with E-state index in [0.717, 1.165) is 14.3 Å². The van der Waals surface area contributed by atoms with Crippen LogP contribution in [0.5, 0.6) is 0 Å². The molecule has 0 bridgehead atoms. The lowest BCUT2D eigenvalue weighted by atomic mass is 10.1. The van der Waals surface area contributed by atoms with Crippen molar-refractivity contribution >= 4 is 42.1 Å². The lowest BCUT2D eigenvalue weighted by Gasteiger charge is -2.37. The number of rotatable bonds is 9. The normalized spacial score (nSPS) is 17.5. The van der Waals surface area contributed by atoms with Gasteiger partial charge in [0, 0.05) is 31.0 Å². The highest BCUT2D eigenvalue weighted by Crippen LogP contribution is 2.35. The molecule has 3 N–H and O–H groups in total. The Hall–Kier alpha value is -0.590. The topological polar surface area (TPSA) is 99.9 Å². The summed E-state index contributed by atoms with van der Waals surface area (Å²) in [6.07, 6.45) is -0.598. The van der Waals surface area contributed by atoms with Gasteiger partial charge in [-0.15, -0.1) is 22.7 Å². The van der Waals surface area contributed by atoms with Crippen LogP contribution in [-0.2, 0) is 30.8 Å². The lowest BCUT2D eigenvalue weighted by Crippen LogP contribution is -2.55. The Balaban J connectivity index is 2.14. The van der Waals surface area contributed by atoms with Gasteiger partial charge in [0.15, 0.2) is 6.29 Å². The summed E-state index contributed by atoms with van der Waals surface area (Å²) in [4.78, 5) is 1.06. The van der Waals surface area contributed by atoms with E-state index < -0.39 is 15.7 Å². The van der Waals surface area contributed by atoms with Gasteiger partial charge < -0.3 is 14.2 Å². The van der Waals surface area contributed by atoms with Crippen molar-refractivity contribution in [2.45, 2.75) is 49.6 Å². The number of fused-ring (bicyclic) bond motifs is 1. The Bertz CT molecular complexity index is 785. The summed E-state index contributed by atoms with van der Waals surface area (Å²) >= 11 is 2.71. The first-order valence-corrected chi connectivity index (χ1v) is 10.8. The Labute approximate surface area is 156 Å². The average Bonchev–Trinajstić information content (AvgIpc) is 3.10. The first-order chi connectivity index (χ1) is 11.6. The summed E-state index contributed by atoms with van der Waals surface area (Å²) in [6, 6.07) is 3.56. The molecule has 3 unspecified atom stereocenters. The van der Waals surface area contributed by atoms with Gasteiger partial charge in [0.2, 0.25) is 10.0 Å². The number of thiophene rings is 2. The van der Waals surface area contributed by atoms with Crippen molar-refractivity contribution in [1.82, 2.24) is 5.32 Å². The zero-order valence-corrected chi connectivity index (χ0v) is 17.3. The summed E-state index contributed by atoms with van der Waals surface area (Å²) in [5.41, 5.74) is -0.743. The molecule has 0 saturated heterocycles. The summed E-state index contributed by atoms with van der Waals surface area (Å²) in [7, 11) is -0.446. The first kappa shape index (κ1) is 20.7. The van der Waals surface area contributed by atoms with Gasteiger partial charge in [-0.05, 0) is 32.9 Å². The SMILES string of the molecule is COC(C)OC(C)(NCc1cc2cc(S(N)(=O)=O)sc2s1)C(C)OC. The van der Waals surface area contributed by atoms with E-state index in [9.17, 15) is 8.42 Å². The second-order valence-corrected chi connectivity index (χ2v) is 10.1. The van der Waals surface area contributed by atoms with E-state index in [4.69, 9.17) is 19.3 Å². The second-order valence-electron chi connectivity index (χ2n) is 5.83. The second kappa shape index (κ2) is 7.97. The fraction of sp³-hybridized carbons (Fsp3) is 0.600. The molecule has 2 aromatic rings. The van der Waals surface area contributed by atoms with E-state index >= 15 is 0 Å². The molecule has 10 heteroatoms. The minimum Gasteiger partial charge on any atom is -0.377 e. The number of methoxy groups -OCH3 is 2. The highest BCUT2D eigenvalue weighted by atomic mass is 32.2. The molecule has 7 nitrogen and oxygen atoms in total. The van der Waals surface area contributed by atoms with Crippen LogP contribution in [0.1, 0.15) is 25.6 Å². The Morgan fingerprint density at radius 3 is 2.44 bits per heavy atom. The number of primary sulfonamides is 1. The Morgan fingerprint density at radius 2 is 1.92 bits per heavy atom. The van der Waals surface area contributed by atoms with Crippen LogP contribution in [0.2, 0.25) is 0 Å². The first-order valence-electron chi connectivity index (χ1n) is 7.62. The maximum atomic E-state index is 11.4. The van der Waals surface area contributed by atoms with Crippen molar-refractivity contribution < 1.29 is 22.6 Å². The van der Waals surface area contributed by atoms with Gasteiger partial charge in [-0.2, -0.15) is 0 Å². The summed E-state index contributed by atoms with van der Waals surface area (Å²) in [6.45, 7) is 6.20. The van der Waals surface area contributed by atoms with Crippen LogP contribution in [0, 0.1) is 0 Å². The summed E-state index contributed by atoms with van der Waals surface area (Å²) < 4.78 is 40.5. The molecule has 0 fully saturated rings. The number of hydrogen-bond donors (Lipinski definition) is 2. The maximum absolute atomic E-state index is 11.4. The molecule has 3 atom stereocenters. The summed E-state index contributed by atoms with van der Waals surface area (Å²) in [5.74, 6) is 0. The number of hydrogen-bond acceptors (Lipinski definition) is 8. The van der Waals surface area contributed by atoms with Crippen LogP contribution >= 0.6 is 22.7 Å². The largest absolute Gasteiger partial charge is 0.377 e. The quantitative estimate of drug-likeness (QED) is 0.618. The average molecular weight is 409 g/mol. The minimum absolute atomic E-state index is 0.184. The molecule has 0 aliphatic heterocycles. The third-order valence-electron chi connectivity index (χ3n) is 4.01. The standard InChI is InChI=1S/C15H24N2O5S3/c1-9(20-4)15(3,22-10(2)21-5)17-8-12-6-11-7-13(25(16,18)19)24-14(11)23-12/h6-7,9-10,17H,8H2,1-5H3,(H2,16,18,19). The molecule has 25 heavy (non-hydrogen) atoms. The molecule has 2 aromatic heterocycles. The molecular weight excluding hydrogens is 384 g/mol. The molecule has 0 radical (unpaired) electrons. The van der Waals surface area contributed by atoms with Crippen LogP contribution in [0.4, 0.5) is 0 Å². The molecule has 2 heterocycles. The van der Waals surface area contributed by atoms with Gasteiger partial charge in [0.1, 0.15) is 9.93 Å². The number of ether oxygens (including phenoxy) is 3. The zero-order chi connectivity index (χ0) is 18.8. The van der Waals surface area contributed by atoms with Gasteiger partial charge in [-0.25, -0.2) is 13.6 Å². The fourth-order valence-electron chi connectivity index (χ4n) is 2.26. The highest BCUT2D eigenvalue weighted by Gasteiger charge is 2.34. The third kappa shape index (κ3) is 4.98. The lowest BCUT2D eigenvalue weighted by molar-refractivity contribution is -0.231. The molecule has 0 aromatic carbocycles. The van der Waals surface area contributed by atoms with Crippen molar-refractivity contribution in [3.8, 4) is 0 Å². The predicted octanol–water partition coefficient (Wildman–Crippen LogP) is 2.46. The molecule has 0 aliphatic carbocycles. The van der Waals surface area contributed by atoms with Crippen LogP contribution in [0.3, 0.4) is 0 Å². The smallest absolute Gasteiger partial charge is 0.247 e. The van der Waals surface area contributed by atoms with E-state index in [0.29, 0.717) is 6.54 Å². The molecule has 142 valence electrons. The maximum Gasteiger partial charge on any atom is 0.247 e. The van der Waals surface area contributed by atoms with Gasteiger partial charge in [-0.3, -0.25) is 5.32 Å². The van der Waals surface area contributed by atoms with E-state index in [2.05, 4.69) is 5.32 Å². The van der Waals surface area contributed by atoms with E-state index in [1.807, 2.05) is 26.8 Å². The third-order valence-corrected chi connectivity index (χ3v) is 7.82. The molecule has 0 spiro atoms. The highest BCUT2D eigenvalue weighted by molar-refractivity contribution is 7.91. The van der Waals surface area contributed by atoms with Gasteiger partial charge in [-0.1, -0.05) is 0 Å². The minimum atomic E-state index is -3.65. The molecular formula is C15H24N2O5S3. The van der Waals surface area contributed by atoms with Crippen LogP contribution in [0.15, 0.2) is 16.3 Å². The van der Waals surface area contributed by atoms with Crippen molar-refractivity contribution in [2.75, 3.05) is 14.2 Å². The number of nitrogens with one attached hydrogen (secondary N) is 1. The van der Waals surface area contributed by atoms with Gasteiger partial charge in [0.05, 0.1) is 10.1 Å². The predicted molar refractivity (Wildman–Crippen MR) is 100 cm³/mol. The van der Waals surface area contributed by atoms with Gasteiger partial charge in [0.25, 0.3) is 0 Å². The fourth-order valence-corrected chi connectivity index (χ4v) is 5.59. The van der Waals surface area contributed by atoms with Crippen LogP contribution in [-0.4, -0.2) is 40.8 Å². The van der Waals surface area contributed by atoms with Crippen molar-refractivity contribution in [2.24, 2.45) is 5.14 Å². The molecule has 0 aliphatic rings. The van der Waals surface area contributed by atoms with Crippen molar-refractivity contribution in [3.63, 3.8) is 0 Å². The van der Waals surface area contributed by atoms with Gasteiger partial charge >= 0.3 is 0 Å². The van der Waals surface area contributed by atoms with Crippen molar-refractivity contribution in [3.05, 3.63) is 17.0 Å². The Morgan fingerprint density at radius 1 is 1.24 bits per heavy atom. The van der Waals surface area contributed by atoms with Crippen molar-refractivity contribution in [1.29, 1.82) is 0 Å². The van der Waals surface area contributed by atoms with E-state index in [-0.39, 0.29) is 16.6 Å². The van der Waals surface area contributed by atoms with Crippen LogP contribution < -0.4 is 10.5 Å². The van der Waals surface area contributed by atoms with E-state index in [1.165, 1.54) is 22.7 Å². The van der Waals surface area contributed by atoms with Crippen LogP contribution in [0.25, 0.3) is 9.40 Å². The van der Waals surface area contributed by atoms with E-state index in [1.54, 1.807) is 20.3 Å². The number of sulfonamides is 1. The molecule has 0 amide bonds. The Kier molecular flexibility index (Phi) is 6.60. The summed E-state index contributed by atoms with van der Waals surface area (Å²) in [5, 5.41) is 9.42.